The van der Waals surface area contributed by atoms with Crippen molar-refractivity contribution < 1.29 is 0 Å². The van der Waals surface area contributed by atoms with Crippen molar-refractivity contribution in [3.05, 3.63) is 45.9 Å². The third-order valence-corrected chi connectivity index (χ3v) is 2.54. The monoisotopic (exact) mass is 187 g/mol. The van der Waals surface area contributed by atoms with E-state index < -0.39 is 0 Å². The molecule has 0 atom stereocenters. The summed E-state index contributed by atoms with van der Waals surface area (Å²) in [6.07, 6.45) is 1.88. The van der Waals surface area contributed by atoms with E-state index >= 15 is 0 Å². The second kappa shape index (κ2) is 2.98. The molecule has 0 saturated heterocycles. The van der Waals surface area contributed by atoms with Gasteiger partial charge in [0.05, 0.1) is 0 Å². The van der Waals surface area contributed by atoms with Crippen LogP contribution in [0.1, 0.15) is 11.1 Å². The Morgan fingerprint density at radius 1 is 1.14 bits per heavy atom. The number of benzene rings is 1. The number of fused-ring (bicyclic) bond motifs is 1. The normalized spacial score (nSPS) is 10.8. The maximum atomic E-state index is 11.8. The number of nitrogens with zero attached hydrogens (tertiary/aromatic N) is 1. The van der Waals surface area contributed by atoms with Crippen LogP contribution in [0.5, 0.6) is 0 Å². The summed E-state index contributed by atoms with van der Waals surface area (Å²) in [4.78, 5) is 11.8. The molecular weight excluding hydrogens is 174 g/mol. The molecule has 14 heavy (non-hydrogen) atoms. The van der Waals surface area contributed by atoms with Crippen molar-refractivity contribution in [1.82, 2.24) is 4.57 Å². The molecule has 0 spiro atoms. The molecule has 2 aromatic rings. The van der Waals surface area contributed by atoms with Gasteiger partial charge in [-0.3, -0.25) is 4.79 Å². The molecule has 1 heterocycles. The average molecular weight is 187 g/mol. The topological polar surface area (TPSA) is 22.0 Å². The van der Waals surface area contributed by atoms with Gasteiger partial charge in [-0.15, -0.1) is 0 Å². The van der Waals surface area contributed by atoms with Crippen LogP contribution in [0.4, 0.5) is 0 Å². The second-order valence-corrected chi connectivity index (χ2v) is 3.78. The predicted molar refractivity (Wildman–Crippen MR) is 58.7 cm³/mol. The Morgan fingerprint density at radius 3 is 2.57 bits per heavy atom. The van der Waals surface area contributed by atoms with Crippen molar-refractivity contribution in [2.24, 2.45) is 7.05 Å². The molecule has 0 fully saturated rings. The molecule has 72 valence electrons. The Kier molecular flexibility index (Phi) is 1.92. The van der Waals surface area contributed by atoms with Crippen LogP contribution < -0.4 is 5.56 Å². The van der Waals surface area contributed by atoms with Crippen LogP contribution in [0.2, 0.25) is 0 Å². The van der Waals surface area contributed by atoms with Crippen LogP contribution in [0.15, 0.2) is 29.2 Å². The molecule has 0 N–H and O–H groups in total. The minimum atomic E-state index is 0.0746. The Labute approximate surface area is 82.8 Å². The van der Waals surface area contributed by atoms with Crippen molar-refractivity contribution >= 4 is 10.8 Å². The van der Waals surface area contributed by atoms with Gasteiger partial charge in [0.15, 0.2) is 0 Å². The molecular formula is C12H13NO. The molecule has 2 rings (SSSR count). The largest absolute Gasteiger partial charge is 0.318 e. The Balaban J connectivity index is 3.02. The Bertz CT molecular complexity index is 552. The minimum Gasteiger partial charge on any atom is -0.318 e. The van der Waals surface area contributed by atoms with Gasteiger partial charge < -0.3 is 4.57 Å². The third-order valence-electron chi connectivity index (χ3n) is 2.54. The van der Waals surface area contributed by atoms with E-state index in [1.165, 1.54) is 5.56 Å². The molecule has 0 amide bonds. The molecule has 2 heteroatoms. The van der Waals surface area contributed by atoms with Crippen molar-refractivity contribution in [3.8, 4) is 0 Å². The van der Waals surface area contributed by atoms with Crippen LogP contribution in [-0.4, -0.2) is 4.57 Å². The number of rotatable bonds is 0. The summed E-state index contributed by atoms with van der Waals surface area (Å²) in [7, 11) is 1.79. The molecule has 0 bridgehead atoms. The van der Waals surface area contributed by atoms with E-state index in [-0.39, 0.29) is 5.56 Å². The number of aryl methyl sites for hydroxylation is 3. The zero-order chi connectivity index (χ0) is 10.3. The molecule has 0 aliphatic carbocycles. The van der Waals surface area contributed by atoms with E-state index in [1.54, 1.807) is 11.6 Å². The highest BCUT2D eigenvalue weighted by Crippen LogP contribution is 2.15. The fourth-order valence-electron chi connectivity index (χ4n) is 1.78. The standard InChI is InChI=1S/C12H13NO/c1-8-4-5-10-11(6-8)9(2)7-13(3)12(10)14/h4-7H,1-3H3. The third kappa shape index (κ3) is 1.23. The predicted octanol–water partition coefficient (Wildman–Crippen LogP) is 2.16. The molecule has 2 nitrogen and oxygen atoms in total. The molecule has 0 radical (unpaired) electrons. The molecule has 0 unspecified atom stereocenters. The molecule has 0 aliphatic heterocycles. The zero-order valence-corrected chi connectivity index (χ0v) is 8.66. The summed E-state index contributed by atoms with van der Waals surface area (Å²) in [5.74, 6) is 0. The second-order valence-electron chi connectivity index (χ2n) is 3.78. The summed E-state index contributed by atoms with van der Waals surface area (Å²) >= 11 is 0. The first kappa shape index (κ1) is 9.00. The number of hydrogen-bond acceptors (Lipinski definition) is 1. The van der Waals surface area contributed by atoms with Crippen LogP contribution in [-0.2, 0) is 7.05 Å². The first-order valence-electron chi connectivity index (χ1n) is 4.66. The Morgan fingerprint density at radius 2 is 1.86 bits per heavy atom. The van der Waals surface area contributed by atoms with E-state index in [9.17, 15) is 4.79 Å². The van der Waals surface area contributed by atoms with Gasteiger partial charge in [0, 0.05) is 18.6 Å². The highest BCUT2D eigenvalue weighted by atomic mass is 16.1. The van der Waals surface area contributed by atoms with Gasteiger partial charge in [-0.2, -0.15) is 0 Å². The zero-order valence-electron chi connectivity index (χ0n) is 8.66. The summed E-state index contributed by atoms with van der Waals surface area (Å²) in [5, 5.41) is 1.87. The van der Waals surface area contributed by atoms with Crippen LogP contribution in [0.3, 0.4) is 0 Å². The lowest BCUT2D eigenvalue weighted by Crippen LogP contribution is -2.16. The smallest absolute Gasteiger partial charge is 0.258 e. The van der Waals surface area contributed by atoms with Gasteiger partial charge in [-0.05, 0) is 30.9 Å². The van der Waals surface area contributed by atoms with Crippen LogP contribution in [0.25, 0.3) is 10.8 Å². The number of aromatic nitrogens is 1. The van der Waals surface area contributed by atoms with E-state index in [0.717, 1.165) is 16.3 Å². The lowest BCUT2D eigenvalue weighted by molar-refractivity contribution is 0.866. The van der Waals surface area contributed by atoms with Gasteiger partial charge in [0.25, 0.3) is 5.56 Å². The maximum absolute atomic E-state index is 11.8. The first-order valence-corrected chi connectivity index (χ1v) is 4.66. The van der Waals surface area contributed by atoms with Gasteiger partial charge in [-0.25, -0.2) is 0 Å². The number of pyridine rings is 1. The van der Waals surface area contributed by atoms with Gasteiger partial charge in [0.2, 0.25) is 0 Å². The quantitative estimate of drug-likeness (QED) is 0.619. The minimum absolute atomic E-state index is 0.0746. The fourth-order valence-corrected chi connectivity index (χ4v) is 1.78. The summed E-state index contributed by atoms with van der Waals surface area (Å²) < 4.78 is 1.63. The Hall–Kier alpha value is -1.57. The first-order chi connectivity index (χ1) is 6.59. The van der Waals surface area contributed by atoms with Crippen molar-refractivity contribution in [2.45, 2.75) is 13.8 Å². The van der Waals surface area contributed by atoms with E-state index in [0.29, 0.717) is 0 Å². The summed E-state index contributed by atoms with van der Waals surface area (Å²) in [6, 6.07) is 5.94. The summed E-state index contributed by atoms with van der Waals surface area (Å²) in [5.41, 5.74) is 2.41. The maximum Gasteiger partial charge on any atom is 0.258 e. The SMILES string of the molecule is Cc1ccc2c(=O)n(C)cc(C)c2c1. The van der Waals surface area contributed by atoms with Crippen LogP contribution >= 0.6 is 0 Å². The van der Waals surface area contributed by atoms with Gasteiger partial charge in [-0.1, -0.05) is 17.7 Å². The van der Waals surface area contributed by atoms with Crippen LogP contribution in [0, 0.1) is 13.8 Å². The molecule has 1 aromatic carbocycles. The molecule has 0 aliphatic rings. The highest BCUT2D eigenvalue weighted by Gasteiger charge is 2.03. The lowest BCUT2D eigenvalue weighted by atomic mass is 10.1. The van der Waals surface area contributed by atoms with Gasteiger partial charge >= 0.3 is 0 Å². The lowest BCUT2D eigenvalue weighted by Gasteiger charge is -2.05. The average Bonchev–Trinajstić information content (AvgIpc) is 2.14. The van der Waals surface area contributed by atoms with E-state index in [4.69, 9.17) is 0 Å². The van der Waals surface area contributed by atoms with E-state index in [2.05, 4.69) is 6.07 Å². The fraction of sp³-hybridized carbons (Fsp3) is 0.250. The van der Waals surface area contributed by atoms with E-state index in [1.807, 2.05) is 32.2 Å². The number of hydrogen-bond donors (Lipinski definition) is 0. The highest BCUT2D eigenvalue weighted by molar-refractivity contribution is 5.85. The van der Waals surface area contributed by atoms with Gasteiger partial charge in [0.1, 0.15) is 0 Å². The van der Waals surface area contributed by atoms with Crippen molar-refractivity contribution in [3.63, 3.8) is 0 Å². The molecule has 1 aromatic heterocycles. The molecule has 0 saturated carbocycles. The summed E-state index contributed by atoms with van der Waals surface area (Å²) in [6.45, 7) is 4.07. The van der Waals surface area contributed by atoms with Crippen molar-refractivity contribution in [1.29, 1.82) is 0 Å². The van der Waals surface area contributed by atoms with Crippen molar-refractivity contribution in [2.75, 3.05) is 0 Å².